The molecule has 4 aromatic rings. The van der Waals surface area contributed by atoms with E-state index in [4.69, 9.17) is 9.47 Å². The molecule has 0 aliphatic carbocycles. The molecular weight excluding hydrogens is 510 g/mol. The summed E-state index contributed by atoms with van der Waals surface area (Å²) in [6, 6.07) is 9.31. The number of fused-ring (bicyclic) bond motifs is 1. The van der Waals surface area contributed by atoms with Gasteiger partial charge in [0.15, 0.2) is 23.5 Å². The van der Waals surface area contributed by atoms with Gasteiger partial charge in [0.25, 0.3) is 15.6 Å². The third-order valence-corrected chi connectivity index (χ3v) is 6.44. The Morgan fingerprint density at radius 2 is 1.83 bits per heavy atom. The minimum Gasteiger partial charge on any atom is -0.494 e. The van der Waals surface area contributed by atoms with Gasteiger partial charge in [-0.15, -0.1) is 0 Å². The molecule has 36 heavy (non-hydrogen) atoms. The van der Waals surface area contributed by atoms with Gasteiger partial charge in [-0.2, -0.15) is 13.2 Å². The van der Waals surface area contributed by atoms with Crippen molar-refractivity contribution in [3.8, 4) is 17.2 Å². The van der Waals surface area contributed by atoms with Crippen LogP contribution in [0.5, 0.6) is 11.5 Å². The Kier molecular flexibility index (Phi) is 6.39. The summed E-state index contributed by atoms with van der Waals surface area (Å²) in [7, 11) is -2.88. The first-order chi connectivity index (χ1) is 16.9. The van der Waals surface area contributed by atoms with Crippen molar-refractivity contribution in [3.63, 3.8) is 0 Å². The third-order valence-electron chi connectivity index (χ3n) is 5.09. The number of rotatable bonds is 7. The fraction of sp³-hybridized carbons (Fsp3) is 0.182. The van der Waals surface area contributed by atoms with E-state index in [-0.39, 0.29) is 33.1 Å². The van der Waals surface area contributed by atoms with Crippen molar-refractivity contribution < 1.29 is 40.0 Å². The summed E-state index contributed by atoms with van der Waals surface area (Å²) in [6.07, 6.45) is -5.84. The molecule has 0 aliphatic heterocycles. The Hall–Kier alpha value is -4.07. The van der Waals surface area contributed by atoms with E-state index < -0.39 is 39.4 Å². The summed E-state index contributed by atoms with van der Waals surface area (Å²) in [5, 5.41) is 3.77. The zero-order valence-corrected chi connectivity index (χ0v) is 19.4. The van der Waals surface area contributed by atoms with E-state index in [0.717, 1.165) is 29.7 Å². The van der Waals surface area contributed by atoms with Gasteiger partial charge in [0.05, 0.1) is 23.2 Å². The van der Waals surface area contributed by atoms with Crippen LogP contribution in [0.25, 0.3) is 16.6 Å². The standard InChI is InChI=1S/C22H17F4N3O6S/c1-12(22(24,25)26)35-18-11-19(33-2)17(10-15(18)23)29-16-5-4-14(9-13(16)3-6-21(29)30)36(31,32)28-20-7-8-34-27-20/h3-12H,1-2H3,(H,27,28)/t12-/m0/s1. The lowest BCUT2D eigenvalue weighted by Crippen LogP contribution is -2.31. The summed E-state index contributed by atoms with van der Waals surface area (Å²) in [6.45, 7) is 0.720. The Balaban J connectivity index is 1.81. The number of anilines is 1. The number of sulfonamides is 1. The zero-order valence-electron chi connectivity index (χ0n) is 18.5. The lowest BCUT2D eigenvalue weighted by Gasteiger charge is -2.20. The molecule has 190 valence electrons. The maximum Gasteiger partial charge on any atom is 0.425 e. The number of pyridine rings is 1. The molecule has 1 N–H and O–H groups in total. The van der Waals surface area contributed by atoms with Gasteiger partial charge in [-0.25, -0.2) is 12.8 Å². The molecule has 1 atom stereocenters. The topological polar surface area (TPSA) is 113 Å². The average molecular weight is 527 g/mol. The number of nitrogens with zero attached hydrogens (tertiary/aromatic N) is 2. The number of benzene rings is 2. The molecule has 2 aromatic heterocycles. The van der Waals surface area contributed by atoms with Crippen LogP contribution in [0.4, 0.5) is 23.4 Å². The number of hydrogen-bond donors (Lipinski definition) is 1. The first kappa shape index (κ1) is 25.0. The minimum atomic E-state index is -4.73. The highest BCUT2D eigenvalue weighted by molar-refractivity contribution is 7.92. The highest BCUT2D eigenvalue weighted by atomic mass is 32.2. The van der Waals surface area contributed by atoms with Crippen LogP contribution in [0, 0.1) is 5.82 Å². The van der Waals surface area contributed by atoms with E-state index in [1.54, 1.807) is 0 Å². The van der Waals surface area contributed by atoms with E-state index >= 15 is 0 Å². The van der Waals surface area contributed by atoms with Crippen molar-refractivity contribution in [2.45, 2.75) is 24.1 Å². The smallest absolute Gasteiger partial charge is 0.425 e. The SMILES string of the molecule is COc1cc(O[C@@H](C)C(F)(F)F)c(F)cc1-n1c(=O)ccc2cc(S(=O)(=O)Nc3ccon3)ccc21. The van der Waals surface area contributed by atoms with Crippen LogP contribution in [0.15, 0.2) is 69.0 Å². The van der Waals surface area contributed by atoms with Crippen LogP contribution in [0.1, 0.15) is 6.92 Å². The highest BCUT2D eigenvalue weighted by Gasteiger charge is 2.38. The molecule has 9 nitrogen and oxygen atoms in total. The van der Waals surface area contributed by atoms with Crippen LogP contribution in [-0.2, 0) is 10.0 Å². The van der Waals surface area contributed by atoms with Crippen molar-refractivity contribution in [1.82, 2.24) is 9.72 Å². The number of alkyl halides is 3. The first-order valence-electron chi connectivity index (χ1n) is 10.1. The van der Waals surface area contributed by atoms with Gasteiger partial charge in [-0.05, 0) is 31.2 Å². The number of aromatic nitrogens is 2. The second-order valence-corrected chi connectivity index (χ2v) is 9.16. The van der Waals surface area contributed by atoms with Crippen molar-refractivity contribution >= 4 is 26.7 Å². The molecule has 14 heteroatoms. The van der Waals surface area contributed by atoms with E-state index in [1.165, 1.54) is 43.7 Å². The highest BCUT2D eigenvalue weighted by Crippen LogP contribution is 2.34. The molecule has 0 spiro atoms. The van der Waals surface area contributed by atoms with Gasteiger partial charge in [-0.1, -0.05) is 5.16 Å². The van der Waals surface area contributed by atoms with E-state index in [9.17, 15) is 30.8 Å². The second kappa shape index (κ2) is 9.18. The fourth-order valence-electron chi connectivity index (χ4n) is 3.31. The molecular formula is C22H17F4N3O6S. The summed E-state index contributed by atoms with van der Waals surface area (Å²) in [4.78, 5) is 12.6. The molecule has 0 fully saturated rings. The predicted molar refractivity (Wildman–Crippen MR) is 120 cm³/mol. The third kappa shape index (κ3) is 4.84. The monoisotopic (exact) mass is 527 g/mol. The van der Waals surface area contributed by atoms with Crippen molar-refractivity contribution in [1.29, 1.82) is 0 Å². The summed E-state index contributed by atoms with van der Waals surface area (Å²) in [5.74, 6) is -2.08. The number of hydrogen-bond acceptors (Lipinski definition) is 7. The van der Waals surface area contributed by atoms with Crippen LogP contribution >= 0.6 is 0 Å². The van der Waals surface area contributed by atoms with Crippen molar-refractivity contribution in [3.05, 3.63) is 71.0 Å². The largest absolute Gasteiger partial charge is 0.494 e. The molecule has 2 aromatic carbocycles. The van der Waals surface area contributed by atoms with Crippen LogP contribution in [0.2, 0.25) is 0 Å². The minimum absolute atomic E-state index is 0.0394. The summed E-state index contributed by atoms with van der Waals surface area (Å²) < 4.78 is 96.5. The van der Waals surface area contributed by atoms with Crippen LogP contribution in [0.3, 0.4) is 0 Å². The normalized spacial score (nSPS) is 12.9. The maximum atomic E-state index is 14.8. The molecule has 0 unspecified atom stereocenters. The lowest BCUT2D eigenvalue weighted by atomic mass is 10.2. The van der Waals surface area contributed by atoms with Crippen LogP contribution in [-0.4, -0.2) is 37.5 Å². The van der Waals surface area contributed by atoms with Gasteiger partial charge in [-0.3, -0.25) is 14.1 Å². The summed E-state index contributed by atoms with van der Waals surface area (Å²) >= 11 is 0. The Bertz CT molecular complexity index is 1580. The fourth-order valence-corrected chi connectivity index (χ4v) is 4.34. The van der Waals surface area contributed by atoms with Gasteiger partial charge in [0.2, 0.25) is 0 Å². The Morgan fingerprint density at radius 1 is 1.08 bits per heavy atom. The quantitative estimate of drug-likeness (QED) is 0.358. The zero-order chi connectivity index (χ0) is 26.3. The molecule has 4 rings (SSSR count). The Labute approximate surface area is 200 Å². The molecule has 2 heterocycles. The number of halogens is 4. The average Bonchev–Trinajstić information content (AvgIpc) is 3.31. The van der Waals surface area contributed by atoms with E-state index in [1.807, 2.05) is 0 Å². The molecule has 0 amide bonds. The van der Waals surface area contributed by atoms with Gasteiger partial charge < -0.3 is 14.0 Å². The maximum absolute atomic E-state index is 14.8. The first-order valence-corrected chi connectivity index (χ1v) is 11.6. The van der Waals surface area contributed by atoms with Gasteiger partial charge >= 0.3 is 6.18 Å². The molecule has 0 aliphatic rings. The number of methoxy groups -OCH3 is 1. The number of nitrogens with one attached hydrogen (secondary N) is 1. The van der Waals surface area contributed by atoms with Gasteiger partial charge in [0.1, 0.15) is 12.0 Å². The molecule has 0 radical (unpaired) electrons. The van der Waals surface area contributed by atoms with Crippen molar-refractivity contribution in [2.24, 2.45) is 0 Å². The lowest BCUT2D eigenvalue weighted by molar-refractivity contribution is -0.189. The predicted octanol–water partition coefficient (Wildman–Crippen LogP) is 4.26. The van der Waals surface area contributed by atoms with Gasteiger partial charge in [0, 0.05) is 29.7 Å². The van der Waals surface area contributed by atoms with Crippen LogP contribution < -0.4 is 19.8 Å². The van der Waals surface area contributed by atoms with E-state index in [0.29, 0.717) is 0 Å². The Morgan fingerprint density at radius 3 is 2.47 bits per heavy atom. The van der Waals surface area contributed by atoms with Crippen molar-refractivity contribution in [2.75, 3.05) is 11.8 Å². The molecule has 0 saturated heterocycles. The van der Waals surface area contributed by atoms with E-state index in [2.05, 4.69) is 14.4 Å². The second-order valence-electron chi connectivity index (χ2n) is 7.47. The number of ether oxygens (including phenoxy) is 2. The summed E-state index contributed by atoms with van der Waals surface area (Å²) in [5.41, 5.74) is -0.583. The molecule has 0 saturated carbocycles. The molecule has 0 bridgehead atoms.